The highest BCUT2D eigenvalue weighted by atomic mass is 32.1. The summed E-state index contributed by atoms with van der Waals surface area (Å²) in [5.74, 6) is -1.06. The molecule has 2 aromatic rings. The van der Waals surface area contributed by atoms with Crippen LogP contribution in [0.4, 0.5) is 0 Å². The fraction of sp³-hybridized carbons (Fsp3) is 0.353. The quantitative estimate of drug-likeness (QED) is 0.815. The molecular formula is C17H20N2O3S. The van der Waals surface area contributed by atoms with Crippen LogP contribution < -0.4 is 5.32 Å². The molecule has 1 atom stereocenters. The zero-order chi connectivity index (χ0) is 16.8. The first-order valence-electron chi connectivity index (χ1n) is 7.53. The molecular weight excluding hydrogens is 312 g/mol. The molecule has 5 nitrogen and oxygen atoms in total. The molecule has 0 aliphatic carbocycles. The molecule has 0 radical (unpaired) electrons. The Hall–Kier alpha value is -2.21. The minimum Gasteiger partial charge on any atom is -0.478 e. The van der Waals surface area contributed by atoms with Crippen LogP contribution in [0.3, 0.4) is 0 Å². The van der Waals surface area contributed by atoms with E-state index in [1.54, 1.807) is 35.6 Å². The lowest BCUT2D eigenvalue weighted by Crippen LogP contribution is -2.28. The number of rotatable bonds is 7. The van der Waals surface area contributed by atoms with Gasteiger partial charge in [-0.2, -0.15) is 0 Å². The molecule has 122 valence electrons. The van der Waals surface area contributed by atoms with Crippen molar-refractivity contribution >= 4 is 23.2 Å². The smallest absolute Gasteiger partial charge is 0.335 e. The standard InChI is InChI=1S/C17H20N2O3S/c1-3-14(16-18-11(2)10-23-16)19-15(20)9-8-12-6-4-5-7-13(12)17(21)22/h4-7,10,14H,3,8-9H2,1-2H3,(H,19,20)(H,21,22). The first kappa shape index (κ1) is 17.1. The Balaban J connectivity index is 1.96. The Kier molecular flexibility index (Phi) is 5.87. The first-order valence-corrected chi connectivity index (χ1v) is 8.41. The molecule has 0 aliphatic heterocycles. The van der Waals surface area contributed by atoms with E-state index in [0.717, 1.165) is 17.1 Å². The number of aromatic carboxylic acids is 1. The first-order chi connectivity index (χ1) is 11.0. The van der Waals surface area contributed by atoms with E-state index in [9.17, 15) is 9.59 Å². The number of hydrogen-bond acceptors (Lipinski definition) is 4. The van der Waals surface area contributed by atoms with Gasteiger partial charge in [0.1, 0.15) is 5.01 Å². The van der Waals surface area contributed by atoms with Gasteiger partial charge in [0.2, 0.25) is 5.91 Å². The summed E-state index contributed by atoms with van der Waals surface area (Å²) in [7, 11) is 0. The van der Waals surface area contributed by atoms with E-state index in [2.05, 4.69) is 10.3 Å². The summed E-state index contributed by atoms with van der Waals surface area (Å²) in [6, 6.07) is 6.69. The van der Waals surface area contributed by atoms with E-state index in [1.807, 2.05) is 19.2 Å². The van der Waals surface area contributed by atoms with E-state index in [4.69, 9.17) is 5.11 Å². The van der Waals surface area contributed by atoms with Gasteiger partial charge in [-0.25, -0.2) is 9.78 Å². The number of nitrogens with one attached hydrogen (secondary N) is 1. The average Bonchev–Trinajstić information content (AvgIpc) is 2.97. The largest absolute Gasteiger partial charge is 0.478 e. The number of nitrogens with zero attached hydrogens (tertiary/aromatic N) is 1. The number of benzene rings is 1. The van der Waals surface area contributed by atoms with Gasteiger partial charge < -0.3 is 10.4 Å². The van der Waals surface area contributed by atoms with Crippen molar-refractivity contribution in [2.75, 3.05) is 0 Å². The lowest BCUT2D eigenvalue weighted by molar-refractivity contribution is -0.121. The van der Waals surface area contributed by atoms with Crippen LogP contribution in [0, 0.1) is 6.92 Å². The fourth-order valence-corrected chi connectivity index (χ4v) is 3.26. The number of hydrogen-bond donors (Lipinski definition) is 2. The van der Waals surface area contributed by atoms with Crippen molar-refractivity contribution in [1.29, 1.82) is 0 Å². The second kappa shape index (κ2) is 7.87. The van der Waals surface area contributed by atoms with Gasteiger partial charge in [-0.15, -0.1) is 11.3 Å². The van der Waals surface area contributed by atoms with E-state index >= 15 is 0 Å². The predicted molar refractivity (Wildman–Crippen MR) is 89.7 cm³/mol. The Morgan fingerprint density at radius 1 is 1.35 bits per heavy atom. The van der Waals surface area contributed by atoms with Crippen molar-refractivity contribution in [2.45, 2.75) is 39.2 Å². The number of amides is 1. The molecule has 1 heterocycles. The summed E-state index contributed by atoms with van der Waals surface area (Å²) in [6.07, 6.45) is 1.43. The lowest BCUT2D eigenvalue weighted by atomic mass is 10.0. The normalized spacial score (nSPS) is 11.9. The average molecular weight is 332 g/mol. The SMILES string of the molecule is CCC(NC(=O)CCc1ccccc1C(=O)O)c1nc(C)cs1. The van der Waals surface area contributed by atoms with E-state index in [-0.39, 0.29) is 23.9 Å². The number of carbonyl (C=O) groups is 2. The summed E-state index contributed by atoms with van der Waals surface area (Å²) in [6.45, 7) is 3.93. The third-order valence-corrected chi connectivity index (χ3v) is 4.62. The summed E-state index contributed by atoms with van der Waals surface area (Å²) >= 11 is 1.54. The maximum absolute atomic E-state index is 12.2. The van der Waals surface area contributed by atoms with Crippen molar-refractivity contribution in [3.8, 4) is 0 Å². The van der Waals surface area contributed by atoms with Gasteiger partial charge in [-0.3, -0.25) is 4.79 Å². The molecule has 0 spiro atoms. The van der Waals surface area contributed by atoms with Gasteiger partial charge in [0, 0.05) is 17.5 Å². The summed E-state index contributed by atoms with van der Waals surface area (Å²) < 4.78 is 0. The molecule has 1 amide bonds. The molecule has 1 aromatic heterocycles. The number of aromatic nitrogens is 1. The van der Waals surface area contributed by atoms with E-state index < -0.39 is 5.97 Å². The summed E-state index contributed by atoms with van der Waals surface area (Å²) in [4.78, 5) is 27.8. The number of carboxylic acids is 1. The minimum absolute atomic E-state index is 0.0871. The third kappa shape index (κ3) is 4.63. The maximum atomic E-state index is 12.2. The van der Waals surface area contributed by atoms with Crippen LogP contribution in [0.2, 0.25) is 0 Å². The van der Waals surface area contributed by atoms with Crippen LogP contribution in [0.5, 0.6) is 0 Å². The van der Waals surface area contributed by atoms with Crippen LogP contribution in [0.25, 0.3) is 0 Å². The van der Waals surface area contributed by atoms with E-state index in [1.165, 1.54) is 0 Å². The van der Waals surface area contributed by atoms with Crippen molar-refractivity contribution in [2.24, 2.45) is 0 Å². The van der Waals surface area contributed by atoms with Crippen LogP contribution in [0.15, 0.2) is 29.6 Å². The zero-order valence-corrected chi connectivity index (χ0v) is 14.0. The van der Waals surface area contributed by atoms with Gasteiger partial charge in [0.05, 0.1) is 11.6 Å². The highest BCUT2D eigenvalue weighted by Gasteiger charge is 2.16. The van der Waals surface area contributed by atoms with Gasteiger partial charge in [0.25, 0.3) is 0 Å². The Morgan fingerprint density at radius 2 is 2.09 bits per heavy atom. The summed E-state index contributed by atoms with van der Waals surface area (Å²) in [5.41, 5.74) is 1.88. The van der Waals surface area contributed by atoms with Crippen LogP contribution in [0.1, 0.15) is 52.4 Å². The Bertz CT molecular complexity index is 697. The van der Waals surface area contributed by atoms with E-state index in [0.29, 0.717) is 12.0 Å². The number of carboxylic acid groups (broad SMARTS) is 1. The van der Waals surface area contributed by atoms with Gasteiger partial charge >= 0.3 is 5.97 Å². The topological polar surface area (TPSA) is 79.3 Å². The highest BCUT2D eigenvalue weighted by molar-refractivity contribution is 7.09. The van der Waals surface area contributed by atoms with Crippen molar-refractivity contribution < 1.29 is 14.7 Å². The molecule has 0 saturated heterocycles. The fourth-order valence-electron chi connectivity index (χ4n) is 2.33. The molecule has 2 N–H and O–H groups in total. The number of thiazole rings is 1. The minimum atomic E-state index is -0.967. The van der Waals surface area contributed by atoms with Gasteiger partial charge in [0.15, 0.2) is 0 Å². The highest BCUT2D eigenvalue weighted by Crippen LogP contribution is 2.21. The monoisotopic (exact) mass is 332 g/mol. The molecule has 23 heavy (non-hydrogen) atoms. The maximum Gasteiger partial charge on any atom is 0.335 e. The molecule has 0 saturated carbocycles. The molecule has 6 heteroatoms. The lowest BCUT2D eigenvalue weighted by Gasteiger charge is -2.14. The second-order valence-electron chi connectivity index (χ2n) is 5.32. The van der Waals surface area contributed by atoms with Crippen LogP contribution in [-0.4, -0.2) is 22.0 Å². The molecule has 2 rings (SSSR count). The van der Waals surface area contributed by atoms with Crippen molar-refractivity contribution in [3.05, 3.63) is 51.5 Å². The number of carbonyl (C=O) groups excluding carboxylic acids is 1. The van der Waals surface area contributed by atoms with Crippen molar-refractivity contribution in [1.82, 2.24) is 10.3 Å². The molecule has 0 bridgehead atoms. The molecule has 1 unspecified atom stereocenters. The predicted octanol–water partition coefficient (Wildman–Crippen LogP) is 3.35. The molecule has 1 aromatic carbocycles. The molecule has 0 aliphatic rings. The summed E-state index contributed by atoms with van der Waals surface area (Å²) in [5, 5.41) is 15.0. The van der Waals surface area contributed by atoms with Gasteiger partial charge in [-0.05, 0) is 31.4 Å². The Morgan fingerprint density at radius 3 is 2.70 bits per heavy atom. The zero-order valence-electron chi connectivity index (χ0n) is 13.2. The Labute approximate surface area is 139 Å². The number of aryl methyl sites for hydroxylation is 2. The van der Waals surface area contributed by atoms with Crippen molar-refractivity contribution in [3.63, 3.8) is 0 Å². The van der Waals surface area contributed by atoms with Crippen LogP contribution in [-0.2, 0) is 11.2 Å². The second-order valence-corrected chi connectivity index (χ2v) is 6.21. The van der Waals surface area contributed by atoms with Gasteiger partial charge in [-0.1, -0.05) is 25.1 Å². The third-order valence-electron chi connectivity index (χ3n) is 3.55. The van der Waals surface area contributed by atoms with Crippen LogP contribution >= 0.6 is 11.3 Å². The molecule has 0 fully saturated rings.